The Hall–Kier alpha value is -1.89. The molecule has 2 saturated carbocycles. The van der Waals surface area contributed by atoms with Gasteiger partial charge in [-0.25, -0.2) is 0 Å². The summed E-state index contributed by atoms with van der Waals surface area (Å²) in [6, 6.07) is 2.83. The van der Waals surface area contributed by atoms with Gasteiger partial charge < -0.3 is 35.0 Å². The topological polar surface area (TPSA) is 129 Å². The molecule has 9 nitrogen and oxygen atoms in total. The summed E-state index contributed by atoms with van der Waals surface area (Å²) in [6.07, 6.45) is 8.05. The van der Waals surface area contributed by atoms with Gasteiger partial charge in [-0.1, -0.05) is 25.7 Å². The van der Waals surface area contributed by atoms with E-state index in [1.807, 2.05) is 0 Å². The molecule has 0 radical (unpaired) electrons. The second-order valence-electron chi connectivity index (χ2n) is 11.0. The number of aliphatic hydroxyl groups excluding tert-OH is 3. The van der Waals surface area contributed by atoms with E-state index in [1.54, 1.807) is 23.1 Å². The van der Waals surface area contributed by atoms with Crippen molar-refractivity contribution in [1.29, 1.82) is 0 Å². The van der Waals surface area contributed by atoms with Gasteiger partial charge in [0, 0.05) is 31.5 Å². The predicted octanol–water partition coefficient (Wildman–Crippen LogP) is 2.92. The number of rotatable bonds is 13. The normalized spacial score (nSPS) is 23.3. The minimum atomic E-state index is -1.06. The average molecular weight is 657 g/mol. The van der Waals surface area contributed by atoms with Crippen molar-refractivity contribution in [3.63, 3.8) is 0 Å². The van der Waals surface area contributed by atoms with Gasteiger partial charge in [-0.3, -0.25) is 9.59 Å². The zero-order valence-corrected chi connectivity index (χ0v) is 24.8. The quantitative estimate of drug-likeness (QED) is 0.241. The Morgan fingerprint density at radius 3 is 2.51 bits per heavy atom. The molecule has 3 aliphatic rings. The second-order valence-corrected chi connectivity index (χ2v) is 12.1. The zero-order valence-electron chi connectivity index (χ0n) is 22.6. The number of carbonyl (C=O) groups excluding carboxylic acids is 2. The molecule has 1 aromatic carbocycles. The second kappa shape index (κ2) is 14.1. The maximum Gasteiger partial charge on any atom is 0.247 e. The first-order valence-corrected chi connectivity index (χ1v) is 15.1. The Morgan fingerprint density at radius 1 is 1.13 bits per heavy atom. The zero-order chi connectivity index (χ0) is 27.9. The molecule has 3 unspecified atom stereocenters. The van der Waals surface area contributed by atoms with Crippen LogP contribution in [0.5, 0.6) is 11.5 Å². The highest BCUT2D eigenvalue weighted by atomic mass is 127. The van der Waals surface area contributed by atoms with E-state index in [1.165, 1.54) is 32.8 Å². The number of carbonyl (C=O) groups is 2. The molecule has 216 valence electrons. The monoisotopic (exact) mass is 656 g/mol. The summed E-state index contributed by atoms with van der Waals surface area (Å²) in [6.45, 7) is 0.324. The van der Waals surface area contributed by atoms with Crippen molar-refractivity contribution in [2.75, 3.05) is 26.8 Å². The third kappa shape index (κ3) is 7.86. The van der Waals surface area contributed by atoms with Gasteiger partial charge in [0.05, 0.1) is 29.9 Å². The van der Waals surface area contributed by atoms with Gasteiger partial charge in [0.2, 0.25) is 11.8 Å². The molecule has 2 fully saturated rings. The summed E-state index contributed by atoms with van der Waals surface area (Å²) < 4.78 is 12.5. The van der Waals surface area contributed by atoms with Crippen molar-refractivity contribution >= 4 is 34.4 Å². The van der Waals surface area contributed by atoms with Crippen LogP contribution >= 0.6 is 22.6 Å². The highest BCUT2D eigenvalue weighted by Crippen LogP contribution is 2.38. The van der Waals surface area contributed by atoms with Crippen LogP contribution in [0.2, 0.25) is 0 Å². The minimum absolute atomic E-state index is 0.0214. The van der Waals surface area contributed by atoms with Gasteiger partial charge >= 0.3 is 0 Å². The Morgan fingerprint density at radius 2 is 1.87 bits per heavy atom. The Balaban J connectivity index is 1.61. The third-order valence-electron chi connectivity index (χ3n) is 8.05. The van der Waals surface area contributed by atoms with Crippen molar-refractivity contribution in [3.8, 4) is 11.5 Å². The van der Waals surface area contributed by atoms with Gasteiger partial charge in [0.25, 0.3) is 0 Å². The largest absolute Gasteiger partial charge is 0.493 e. The molecule has 0 heterocycles. The molecule has 0 spiro atoms. The number of hydrogen-bond donors (Lipinski definition) is 4. The van der Waals surface area contributed by atoms with Gasteiger partial charge in [0.1, 0.15) is 12.2 Å². The molecule has 0 saturated heterocycles. The van der Waals surface area contributed by atoms with E-state index < -0.39 is 18.2 Å². The average Bonchev–Trinajstić information content (AvgIpc) is 3.61. The number of ether oxygens (including phenoxy) is 2. The molecule has 3 atom stereocenters. The Labute approximate surface area is 244 Å². The van der Waals surface area contributed by atoms with E-state index in [-0.39, 0.29) is 38.0 Å². The van der Waals surface area contributed by atoms with E-state index in [2.05, 4.69) is 27.9 Å². The lowest BCUT2D eigenvalue weighted by Gasteiger charge is -2.41. The molecule has 4 rings (SSSR count). The van der Waals surface area contributed by atoms with Crippen molar-refractivity contribution in [2.24, 2.45) is 11.8 Å². The molecule has 4 N–H and O–H groups in total. The maximum absolute atomic E-state index is 13.6. The lowest BCUT2D eigenvalue weighted by Crippen LogP contribution is -2.55. The Kier molecular flexibility index (Phi) is 10.9. The van der Waals surface area contributed by atoms with Gasteiger partial charge in [-0.15, -0.1) is 0 Å². The minimum Gasteiger partial charge on any atom is -0.493 e. The van der Waals surface area contributed by atoms with Crippen LogP contribution < -0.4 is 14.8 Å². The van der Waals surface area contributed by atoms with Crippen LogP contribution in [0.25, 0.3) is 0 Å². The number of halogens is 1. The van der Waals surface area contributed by atoms with Crippen molar-refractivity contribution in [1.82, 2.24) is 10.2 Å². The summed E-state index contributed by atoms with van der Waals surface area (Å²) in [5.74, 6) is 1.47. The number of hydrogen-bond acceptors (Lipinski definition) is 7. The maximum atomic E-state index is 13.6. The van der Waals surface area contributed by atoms with E-state index in [9.17, 15) is 24.9 Å². The van der Waals surface area contributed by atoms with Crippen molar-refractivity contribution in [3.05, 3.63) is 32.9 Å². The fraction of sp³-hybridized carbons (Fsp3) is 0.655. The first kappa shape index (κ1) is 30.1. The standard InChI is InChI=1S/C29H41IN2O7/c1-38-25-13-20(17-34)12-22(30)28(25)39-24-15-21(29(37)31-10-11-33)14-23(27(24)36)32(16-19-6-7-19)26(35)9-8-18-4-2-3-5-18/h12-13,15,18-19,23-24,27,33-34,36H,2-11,14,16-17H2,1H3,(H,31,37). The van der Waals surface area contributed by atoms with Crippen molar-refractivity contribution in [2.45, 2.75) is 82.6 Å². The molecule has 3 aliphatic carbocycles. The fourth-order valence-electron chi connectivity index (χ4n) is 5.67. The van der Waals surface area contributed by atoms with E-state index in [0.717, 1.165) is 19.3 Å². The number of benzene rings is 1. The fourth-order valence-corrected chi connectivity index (χ4v) is 6.46. The molecule has 0 aromatic heterocycles. The SMILES string of the molecule is COc1cc(CO)cc(I)c1OC1C=C(C(=O)NCCO)CC(N(CC2CC2)C(=O)CCC2CCCC2)C1O. The van der Waals surface area contributed by atoms with Crippen LogP contribution in [0.1, 0.15) is 63.4 Å². The van der Waals surface area contributed by atoms with Crippen LogP contribution in [-0.2, 0) is 16.2 Å². The van der Waals surface area contributed by atoms with Gasteiger partial charge in [-0.2, -0.15) is 0 Å². The van der Waals surface area contributed by atoms with Gasteiger partial charge in [-0.05, 0) is 77.5 Å². The molecule has 2 amide bonds. The number of aliphatic hydroxyl groups is 3. The summed E-state index contributed by atoms with van der Waals surface area (Å²) in [7, 11) is 1.50. The third-order valence-corrected chi connectivity index (χ3v) is 8.86. The molecule has 39 heavy (non-hydrogen) atoms. The van der Waals surface area contributed by atoms with Gasteiger partial charge in [0.15, 0.2) is 11.5 Å². The number of nitrogens with one attached hydrogen (secondary N) is 1. The molecule has 1 aromatic rings. The van der Waals surface area contributed by atoms with Crippen LogP contribution in [-0.4, -0.2) is 77.1 Å². The summed E-state index contributed by atoms with van der Waals surface area (Å²) in [4.78, 5) is 28.4. The van der Waals surface area contributed by atoms with Crippen LogP contribution in [0.3, 0.4) is 0 Å². The summed E-state index contributed by atoms with van der Waals surface area (Å²) >= 11 is 2.09. The van der Waals surface area contributed by atoms with Crippen molar-refractivity contribution < 1.29 is 34.4 Å². The lowest BCUT2D eigenvalue weighted by atomic mass is 9.87. The van der Waals surface area contributed by atoms with Crippen LogP contribution in [0.4, 0.5) is 0 Å². The van der Waals surface area contributed by atoms with E-state index in [0.29, 0.717) is 51.0 Å². The molecule has 0 bridgehead atoms. The first-order chi connectivity index (χ1) is 18.8. The molecule has 0 aliphatic heterocycles. The summed E-state index contributed by atoms with van der Waals surface area (Å²) in [5, 5.41) is 33.1. The van der Waals surface area contributed by atoms with Crippen LogP contribution in [0, 0.1) is 15.4 Å². The smallest absolute Gasteiger partial charge is 0.247 e. The highest BCUT2D eigenvalue weighted by Gasteiger charge is 2.42. The highest BCUT2D eigenvalue weighted by molar-refractivity contribution is 14.1. The Bertz CT molecular complexity index is 1040. The summed E-state index contributed by atoms with van der Waals surface area (Å²) in [5.41, 5.74) is 1.07. The predicted molar refractivity (Wildman–Crippen MR) is 154 cm³/mol. The van der Waals surface area contributed by atoms with E-state index in [4.69, 9.17) is 9.47 Å². The molecular formula is C29H41IN2O7. The molecular weight excluding hydrogens is 615 g/mol. The first-order valence-electron chi connectivity index (χ1n) is 14.1. The van der Waals surface area contributed by atoms with Crippen LogP contribution in [0.15, 0.2) is 23.8 Å². The number of methoxy groups -OCH3 is 1. The van der Waals surface area contributed by atoms with E-state index >= 15 is 0 Å². The molecule has 10 heteroatoms. The number of nitrogens with zero attached hydrogens (tertiary/aromatic N) is 1. The lowest BCUT2D eigenvalue weighted by molar-refractivity contribution is -0.139. The number of amides is 2.